The van der Waals surface area contributed by atoms with Crippen molar-refractivity contribution in [1.29, 1.82) is 0 Å². The van der Waals surface area contributed by atoms with E-state index in [1.807, 2.05) is 19.2 Å². The molecule has 2 aliphatic rings. The summed E-state index contributed by atoms with van der Waals surface area (Å²) in [4.78, 5) is 13.2. The van der Waals surface area contributed by atoms with Crippen molar-refractivity contribution < 1.29 is 14.2 Å². The predicted molar refractivity (Wildman–Crippen MR) is 115 cm³/mol. The molecule has 0 fully saturated rings. The topological polar surface area (TPSA) is 58.6 Å². The Balaban J connectivity index is 1.69. The quantitative estimate of drug-likeness (QED) is 0.434. The normalized spacial score (nSPS) is 19.6. The van der Waals surface area contributed by atoms with Crippen LogP contribution in [0.15, 0.2) is 48.7 Å². The van der Waals surface area contributed by atoms with E-state index in [1.54, 1.807) is 19.2 Å². The lowest BCUT2D eigenvalue weighted by atomic mass is 9.81. The molecule has 6 heteroatoms. The Hall–Kier alpha value is -3.15. The van der Waals surface area contributed by atoms with Gasteiger partial charge in [0.1, 0.15) is 12.8 Å². The van der Waals surface area contributed by atoms with Crippen molar-refractivity contribution in [3.05, 3.63) is 69.9 Å². The Labute approximate surface area is 170 Å². The molecule has 1 unspecified atom stereocenters. The molecule has 1 atom stereocenters. The van der Waals surface area contributed by atoms with Crippen molar-refractivity contribution in [3.63, 3.8) is 0 Å². The molecule has 0 bridgehead atoms. The highest BCUT2D eigenvalue weighted by atomic mass is 16.6. The second-order valence-corrected chi connectivity index (χ2v) is 8.30. The number of nitro groups is 1. The molecule has 4 rings (SSSR count). The molecule has 0 N–H and O–H groups in total. The number of nitro benzene ring substituents is 1. The SMILES string of the molecule is COc1ccc2c(c1)CC(C)N2/C=C/C1=[N+](C)c2ccc([N+](=O)[O-])cc2C1(C)C. The molecule has 29 heavy (non-hydrogen) atoms. The van der Waals surface area contributed by atoms with Crippen molar-refractivity contribution >= 4 is 22.8 Å². The zero-order chi connectivity index (χ0) is 20.9. The van der Waals surface area contributed by atoms with Gasteiger partial charge in [0.05, 0.1) is 17.4 Å². The van der Waals surface area contributed by atoms with Crippen LogP contribution in [-0.4, -0.2) is 35.4 Å². The third-order valence-electron chi connectivity index (χ3n) is 6.18. The van der Waals surface area contributed by atoms with Gasteiger partial charge >= 0.3 is 0 Å². The van der Waals surface area contributed by atoms with Gasteiger partial charge in [-0.15, -0.1) is 0 Å². The van der Waals surface area contributed by atoms with E-state index in [0.29, 0.717) is 6.04 Å². The molecule has 6 nitrogen and oxygen atoms in total. The molecule has 2 aromatic rings. The van der Waals surface area contributed by atoms with Gasteiger partial charge < -0.3 is 9.64 Å². The van der Waals surface area contributed by atoms with Crippen LogP contribution >= 0.6 is 0 Å². The number of methoxy groups -OCH3 is 1. The summed E-state index contributed by atoms with van der Waals surface area (Å²) >= 11 is 0. The summed E-state index contributed by atoms with van der Waals surface area (Å²) in [5, 5.41) is 11.2. The Morgan fingerprint density at radius 2 is 2.03 bits per heavy atom. The number of hydrogen-bond acceptors (Lipinski definition) is 4. The number of fused-ring (bicyclic) bond motifs is 2. The van der Waals surface area contributed by atoms with Crippen LogP contribution in [-0.2, 0) is 11.8 Å². The van der Waals surface area contributed by atoms with Crippen LogP contribution in [0.1, 0.15) is 31.9 Å². The highest BCUT2D eigenvalue weighted by Gasteiger charge is 2.44. The van der Waals surface area contributed by atoms with Crippen LogP contribution < -0.4 is 9.64 Å². The van der Waals surface area contributed by atoms with Crippen LogP contribution in [0.2, 0.25) is 0 Å². The molecule has 150 valence electrons. The summed E-state index contributed by atoms with van der Waals surface area (Å²) in [6, 6.07) is 11.7. The van der Waals surface area contributed by atoms with E-state index in [2.05, 4.69) is 54.7 Å². The second-order valence-electron chi connectivity index (χ2n) is 8.30. The van der Waals surface area contributed by atoms with E-state index in [4.69, 9.17) is 4.74 Å². The summed E-state index contributed by atoms with van der Waals surface area (Å²) in [5.41, 5.74) is 5.39. The number of nitrogens with zero attached hydrogens (tertiary/aromatic N) is 3. The number of hydrogen-bond donors (Lipinski definition) is 0. The van der Waals surface area contributed by atoms with Crippen molar-refractivity contribution in [2.24, 2.45) is 0 Å². The minimum Gasteiger partial charge on any atom is -0.497 e. The number of ether oxygens (including phenoxy) is 1. The second kappa shape index (κ2) is 6.72. The van der Waals surface area contributed by atoms with Crippen LogP contribution in [0, 0.1) is 10.1 Å². The van der Waals surface area contributed by atoms with Gasteiger partial charge in [-0.25, -0.2) is 0 Å². The number of non-ortho nitro benzene ring substituents is 1. The maximum atomic E-state index is 11.2. The molecule has 0 aliphatic carbocycles. The van der Waals surface area contributed by atoms with Gasteiger partial charge in [-0.1, -0.05) is 0 Å². The van der Waals surface area contributed by atoms with Crippen LogP contribution in [0.4, 0.5) is 17.1 Å². The Bertz CT molecular complexity index is 1070. The highest BCUT2D eigenvalue weighted by Crippen LogP contribution is 2.41. The molecule has 0 aromatic heterocycles. The van der Waals surface area contributed by atoms with Gasteiger partial charge in [-0.2, -0.15) is 4.58 Å². The zero-order valence-electron chi connectivity index (χ0n) is 17.5. The van der Waals surface area contributed by atoms with Gasteiger partial charge in [0.15, 0.2) is 5.71 Å². The van der Waals surface area contributed by atoms with Crippen LogP contribution in [0.3, 0.4) is 0 Å². The third kappa shape index (κ3) is 2.99. The first kappa shape index (κ1) is 19.2. The number of rotatable bonds is 4. The Kier molecular flexibility index (Phi) is 4.45. The highest BCUT2D eigenvalue weighted by molar-refractivity contribution is 6.03. The van der Waals surface area contributed by atoms with Gasteiger partial charge in [0.2, 0.25) is 5.69 Å². The van der Waals surface area contributed by atoms with Gasteiger partial charge in [0.25, 0.3) is 5.69 Å². The van der Waals surface area contributed by atoms with E-state index < -0.39 is 0 Å². The summed E-state index contributed by atoms with van der Waals surface area (Å²) < 4.78 is 7.49. The minimum atomic E-state index is -0.332. The molecular weight excluding hydrogens is 366 g/mol. The number of benzene rings is 2. The first-order valence-electron chi connectivity index (χ1n) is 9.77. The monoisotopic (exact) mass is 392 g/mol. The Morgan fingerprint density at radius 3 is 2.72 bits per heavy atom. The molecule has 2 aromatic carbocycles. The molecule has 2 heterocycles. The standard InChI is InChI=1S/C23H26N3O3/c1-15-12-16-13-18(29-5)7-9-20(16)25(15)11-10-22-23(2,3)19-14-17(26(27)28)6-8-21(19)24(22)4/h6-11,13-15H,12H2,1-5H3/q+1. The molecular formula is C23H26N3O3+. The fraction of sp³-hybridized carbons (Fsp3) is 0.348. The first-order valence-corrected chi connectivity index (χ1v) is 9.77. The molecule has 0 radical (unpaired) electrons. The Morgan fingerprint density at radius 1 is 1.28 bits per heavy atom. The van der Waals surface area contributed by atoms with E-state index >= 15 is 0 Å². The summed E-state index contributed by atoms with van der Waals surface area (Å²) in [6.45, 7) is 6.44. The summed E-state index contributed by atoms with van der Waals surface area (Å²) in [5.74, 6) is 0.879. The van der Waals surface area contributed by atoms with Crippen LogP contribution in [0.25, 0.3) is 0 Å². The number of allylic oxidation sites excluding steroid dienone is 1. The zero-order valence-corrected chi connectivity index (χ0v) is 17.5. The maximum Gasteiger partial charge on any atom is 0.270 e. The fourth-order valence-electron chi connectivity index (χ4n) is 4.57. The van der Waals surface area contributed by atoms with E-state index in [1.165, 1.54) is 11.3 Å². The van der Waals surface area contributed by atoms with Crippen molar-refractivity contribution in [1.82, 2.24) is 0 Å². The molecule has 0 amide bonds. The minimum absolute atomic E-state index is 0.131. The maximum absolute atomic E-state index is 11.2. The molecule has 0 saturated heterocycles. The third-order valence-corrected chi connectivity index (χ3v) is 6.18. The van der Waals surface area contributed by atoms with Crippen molar-refractivity contribution in [2.45, 2.75) is 38.6 Å². The largest absolute Gasteiger partial charge is 0.497 e. The first-order chi connectivity index (χ1) is 13.7. The average Bonchev–Trinajstić information content (AvgIpc) is 3.10. The molecule has 0 saturated carbocycles. The van der Waals surface area contributed by atoms with Crippen LogP contribution in [0.5, 0.6) is 5.75 Å². The molecule has 0 spiro atoms. The summed E-state index contributed by atoms with van der Waals surface area (Å²) in [6.07, 6.45) is 5.25. The average molecular weight is 392 g/mol. The van der Waals surface area contributed by atoms with Crippen molar-refractivity contribution in [3.8, 4) is 5.75 Å². The van der Waals surface area contributed by atoms with Crippen molar-refractivity contribution in [2.75, 3.05) is 19.1 Å². The van der Waals surface area contributed by atoms with Gasteiger partial charge in [-0.3, -0.25) is 10.1 Å². The van der Waals surface area contributed by atoms with E-state index in [0.717, 1.165) is 29.1 Å². The molecule has 2 aliphatic heterocycles. The lowest BCUT2D eigenvalue weighted by molar-refractivity contribution is -0.402. The predicted octanol–water partition coefficient (Wildman–Crippen LogP) is 4.57. The fourth-order valence-corrected chi connectivity index (χ4v) is 4.57. The lowest BCUT2D eigenvalue weighted by Gasteiger charge is -2.21. The lowest BCUT2D eigenvalue weighted by Crippen LogP contribution is -2.29. The smallest absolute Gasteiger partial charge is 0.270 e. The van der Waals surface area contributed by atoms with E-state index in [9.17, 15) is 10.1 Å². The summed E-state index contributed by atoms with van der Waals surface area (Å²) in [7, 11) is 3.71. The van der Waals surface area contributed by atoms with Gasteiger partial charge in [0, 0.05) is 47.8 Å². The van der Waals surface area contributed by atoms with Gasteiger partial charge in [-0.05, 0) is 51.0 Å². The number of anilines is 1. The van der Waals surface area contributed by atoms with E-state index in [-0.39, 0.29) is 16.0 Å².